The first kappa shape index (κ1) is 17.8. The predicted molar refractivity (Wildman–Crippen MR) is 92.4 cm³/mol. The molecule has 1 saturated carbocycles. The number of nitrogens with zero attached hydrogens (tertiary/aromatic N) is 1. The monoisotopic (exact) mass is 337 g/mol. The van der Waals surface area contributed by atoms with Gasteiger partial charge >= 0.3 is 0 Å². The molecule has 134 valence electrons. The van der Waals surface area contributed by atoms with Gasteiger partial charge in [-0.15, -0.1) is 0 Å². The Labute approximate surface area is 143 Å². The van der Waals surface area contributed by atoms with Gasteiger partial charge in [-0.2, -0.15) is 0 Å². The van der Waals surface area contributed by atoms with Crippen LogP contribution < -0.4 is 0 Å². The van der Waals surface area contributed by atoms with Gasteiger partial charge < -0.3 is 10.0 Å². The van der Waals surface area contributed by atoms with Crippen LogP contribution in [0.2, 0.25) is 0 Å². The van der Waals surface area contributed by atoms with Crippen LogP contribution in [0.3, 0.4) is 0 Å². The smallest absolute Gasteiger partial charge is 0.248 e. The lowest BCUT2D eigenvalue weighted by Crippen LogP contribution is -2.47. The number of alkyl halides is 2. The fourth-order valence-electron chi connectivity index (χ4n) is 4.33. The third-order valence-corrected chi connectivity index (χ3v) is 5.66. The molecule has 2 aliphatic rings. The molecule has 0 aromatic heterocycles. The molecule has 1 aliphatic heterocycles. The van der Waals surface area contributed by atoms with Crippen LogP contribution in [0.1, 0.15) is 49.7 Å². The van der Waals surface area contributed by atoms with Gasteiger partial charge in [-0.1, -0.05) is 29.8 Å². The van der Waals surface area contributed by atoms with E-state index in [-0.39, 0.29) is 18.8 Å². The second-order valence-corrected chi connectivity index (χ2v) is 8.01. The second kappa shape index (κ2) is 7.09. The number of rotatable bonds is 4. The lowest BCUT2D eigenvalue weighted by Gasteiger charge is -2.40. The molecule has 1 heterocycles. The number of aryl methyl sites for hydroxylation is 1. The highest BCUT2D eigenvalue weighted by atomic mass is 19.3. The van der Waals surface area contributed by atoms with E-state index in [1.165, 1.54) is 11.1 Å². The Hall–Kier alpha value is -1.00. The van der Waals surface area contributed by atoms with E-state index in [0.29, 0.717) is 12.8 Å². The molecule has 1 aliphatic carbocycles. The highest BCUT2D eigenvalue weighted by molar-refractivity contribution is 5.23. The van der Waals surface area contributed by atoms with Crippen LogP contribution >= 0.6 is 0 Å². The second-order valence-electron chi connectivity index (χ2n) is 8.01. The normalized spacial score (nSPS) is 27.1. The highest BCUT2D eigenvalue weighted by Gasteiger charge is 2.38. The molecule has 0 bridgehead atoms. The van der Waals surface area contributed by atoms with Gasteiger partial charge in [-0.05, 0) is 44.1 Å². The van der Waals surface area contributed by atoms with Gasteiger partial charge in [0.2, 0.25) is 5.92 Å². The van der Waals surface area contributed by atoms with Crippen molar-refractivity contribution >= 4 is 0 Å². The molecule has 3 rings (SSSR count). The zero-order valence-electron chi connectivity index (χ0n) is 14.6. The minimum Gasteiger partial charge on any atom is -0.389 e. The van der Waals surface area contributed by atoms with E-state index in [9.17, 15) is 13.9 Å². The lowest BCUT2D eigenvalue weighted by molar-refractivity contribution is -0.0648. The summed E-state index contributed by atoms with van der Waals surface area (Å²) < 4.78 is 27.1. The summed E-state index contributed by atoms with van der Waals surface area (Å²) in [6.07, 6.45) is 3.79. The van der Waals surface area contributed by atoms with Crippen LogP contribution in [0, 0.1) is 12.8 Å². The van der Waals surface area contributed by atoms with Crippen molar-refractivity contribution in [2.24, 2.45) is 5.92 Å². The van der Waals surface area contributed by atoms with E-state index in [0.717, 1.165) is 38.9 Å². The molecule has 0 radical (unpaired) electrons. The standard InChI is InChI=1S/C20H29F2NO/c1-16-4-2-5-17(12-16)13-19(24)8-10-23(11-9-19)15-18-6-3-7-20(21,22)14-18/h2,4-5,12,18,24H,3,6-11,13-15H2,1H3. The molecule has 0 spiro atoms. The van der Waals surface area contributed by atoms with E-state index < -0.39 is 11.5 Å². The van der Waals surface area contributed by atoms with Crippen LogP contribution in [-0.2, 0) is 6.42 Å². The fourth-order valence-corrected chi connectivity index (χ4v) is 4.33. The van der Waals surface area contributed by atoms with Crippen molar-refractivity contribution < 1.29 is 13.9 Å². The summed E-state index contributed by atoms with van der Waals surface area (Å²) >= 11 is 0. The average molecular weight is 337 g/mol. The van der Waals surface area contributed by atoms with Crippen LogP contribution in [0.15, 0.2) is 24.3 Å². The molecule has 1 saturated heterocycles. The summed E-state index contributed by atoms with van der Waals surface area (Å²) in [5.74, 6) is -2.36. The van der Waals surface area contributed by atoms with Crippen molar-refractivity contribution in [2.75, 3.05) is 19.6 Å². The third-order valence-electron chi connectivity index (χ3n) is 5.66. The van der Waals surface area contributed by atoms with Crippen molar-refractivity contribution in [2.45, 2.75) is 63.4 Å². The maximum Gasteiger partial charge on any atom is 0.248 e. The molecule has 24 heavy (non-hydrogen) atoms. The molecule has 1 N–H and O–H groups in total. The van der Waals surface area contributed by atoms with E-state index in [2.05, 4.69) is 30.0 Å². The summed E-state index contributed by atoms with van der Waals surface area (Å²) in [4.78, 5) is 2.27. The first-order valence-corrected chi connectivity index (χ1v) is 9.22. The van der Waals surface area contributed by atoms with E-state index in [4.69, 9.17) is 0 Å². The van der Waals surface area contributed by atoms with Gasteiger partial charge in [0.05, 0.1) is 5.60 Å². The molecule has 0 amide bonds. The Balaban J connectivity index is 1.50. The van der Waals surface area contributed by atoms with Gasteiger partial charge in [-0.25, -0.2) is 8.78 Å². The Morgan fingerprint density at radius 3 is 2.62 bits per heavy atom. The lowest BCUT2D eigenvalue weighted by atomic mass is 9.83. The van der Waals surface area contributed by atoms with Gasteiger partial charge in [0.15, 0.2) is 0 Å². The van der Waals surface area contributed by atoms with Crippen molar-refractivity contribution in [3.05, 3.63) is 35.4 Å². The molecule has 1 unspecified atom stereocenters. The number of benzene rings is 1. The molecule has 1 atom stereocenters. The Morgan fingerprint density at radius 1 is 1.21 bits per heavy atom. The van der Waals surface area contributed by atoms with Gasteiger partial charge in [0.25, 0.3) is 0 Å². The SMILES string of the molecule is Cc1cccc(CC2(O)CCN(CC3CCCC(F)(F)C3)CC2)c1. The summed E-state index contributed by atoms with van der Waals surface area (Å²) in [5.41, 5.74) is 1.74. The van der Waals surface area contributed by atoms with Crippen molar-refractivity contribution in [1.29, 1.82) is 0 Å². The maximum atomic E-state index is 13.5. The highest BCUT2D eigenvalue weighted by Crippen LogP contribution is 2.37. The molecule has 4 heteroatoms. The van der Waals surface area contributed by atoms with Gasteiger partial charge in [0.1, 0.15) is 0 Å². The first-order valence-electron chi connectivity index (χ1n) is 9.22. The van der Waals surface area contributed by atoms with Crippen molar-refractivity contribution in [3.8, 4) is 0 Å². The zero-order valence-corrected chi connectivity index (χ0v) is 14.6. The quantitative estimate of drug-likeness (QED) is 0.890. The van der Waals surface area contributed by atoms with Gasteiger partial charge in [-0.3, -0.25) is 0 Å². The minimum absolute atomic E-state index is 0.0388. The van der Waals surface area contributed by atoms with E-state index in [1.54, 1.807) is 0 Å². The zero-order chi connectivity index (χ0) is 17.2. The van der Waals surface area contributed by atoms with Crippen molar-refractivity contribution in [3.63, 3.8) is 0 Å². The number of piperidine rings is 1. The van der Waals surface area contributed by atoms with Crippen molar-refractivity contribution in [1.82, 2.24) is 4.90 Å². The summed E-state index contributed by atoms with van der Waals surface area (Å²) in [6, 6.07) is 8.30. The van der Waals surface area contributed by atoms with Crippen LogP contribution in [0.25, 0.3) is 0 Å². The fraction of sp³-hybridized carbons (Fsp3) is 0.700. The van der Waals surface area contributed by atoms with Crippen LogP contribution in [0.5, 0.6) is 0 Å². The minimum atomic E-state index is -2.47. The third kappa shape index (κ3) is 4.76. The van der Waals surface area contributed by atoms with E-state index in [1.807, 2.05) is 6.07 Å². The number of aliphatic hydroxyl groups is 1. The number of likely N-dealkylation sites (tertiary alicyclic amines) is 1. The summed E-state index contributed by atoms with van der Waals surface area (Å²) in [6.45, 7) is 4.45. The largest absolute Gasteiger partial charge is 0.389 e. The summed E-state index contributed by atoms with van der Waals surface area (Å²) in [7, 11) is 0. The molecular formula is C20H29F2NO. The first-order chi connectivity index (χ1) is 11.3. The van der Waals surface area contributed by atoms with E-state index >= 15 is 0 Å². The predicted octanol–water partition coefficient (Wildman–Crippen LogP) is 4.19. The van der Waals surface area contributed by atoms with Crippen LogP contribution in [-0.4, -0.2) is 41.2 Å². The molecule has 1 aromatic carbocycles. The Morgan fingerprint density at radius 2 is 1.96 bits per heavy atom. The Kier molecular flexibility index (Phi) is 5.26. The number of halogens is 2. The molecular weight excluding hydrogens is 308 g/mol. The summed E-state index contributed by atoms with van der Waals surface area (Å²) in [5, 5.41) is 10.9. The maximum absolute atomic E-state index is 13.5. The van der Waals surface area contributed by atoms with Crippen LogP contribution in [0.4, 0.5) is 8.78 Å². The number of hydrogen-bond donors (Lipinski definition) is 1. The average Bonchev–Trinajstić information content (AvgIpc) is 2.49. The van der Waals surface area contributed by atoms with Gasteiger partial charge in [0, 0.05) is 38.9 Å². The molecule has 2 fully saturated rings. The topological polar surface area (TPSA) is 23.5 Å². The Bertz CT molecular complexity index is 552. The molecule has 1 aromatic rings. The number of hydrogen-bond acceptors (Lipinski definition) is 2. The molecule has 2 nitrogen and oxygen atoms in total.